The predicted molar refractivity (Wildman–Crippen MR) is 72.6 cm³/mol. The maximum Gasteiger partial charge on any atom is 0.0807 e. The molecule has 0 radical (unpaired) electrons. The predicted octanol–water partition coefficient (Wildman–Crippen LogP) is 2.34. The van der Waals surface area contributed by atoms with Crippen LogP contribution in [0, 0.1) is 0 Å². The molecule has 0 saturated carbocycles. The van der Waals surface area contributed by atoms with Crippen LogP contribution in [0.15, 0.2) is 12.3 Å². The van der Waals surface area contributed by atoms with Crippen LogP contribution in [0.25, 0.3) is 0 Å². The summed E-state index contributed by atoms with van der Waals surface area (Å²) in [7, 11) is 0. The van der Waals surface area contributed by atoms with E-state index < -0.39 is 0 Å². The standard InChI is InChI=1S/C15H24N2O/c18-15-6-3-5-14-13(15)7-12-17(14)11-4-10-16-8-1-2-9-16/h7,12,15,18H,1-6,8-11H2. The molecular formula is C15H24N2O. The number of nitrogens with zero attached hydrogens (tertiary/aromatic N) is 2. The summed E-state index contributed by atoms with van der Waals surface area (Å²) in [5.74, 6) is 0. The van der Waals surface area contributed by atoms with E-state index in [9.17, 15) is 5.11 Å². The van der Waals surface area contributed by atoms with Crippen LogP contribution in [-0.4, -0.2) is 34.2 Å². The Morgan fingerprint density at radius 3 is 2.83 bits per heavy atom. The lowest BCUT2D eigenvalue weighted by Gasteiger charge is -2.21. The van der Waals surface area contributed by atoms with E-state index in [4.69, 9.17) is 0 Å². The largest absolute Gasteiger partial charge is 0.388 e. The number of hydrogen-bond donors (Lipinski definition) is 1. The average molecular weight is 248 g/mol. The summed E-state index contributed by atoms with van der Waals surface area (Å²) in [4.78, 5) is 2.57. The van der Waals surface area contributed by atoms with E-state index in [2.05, 4.69) is 21.7 Å². The van der Waals surface area contributed by atoms with Gasteiger partial charge in [-0.15, -0.1) is 0 Å². The van der Waals surface area contributed by atoms with E-state index in [-0.39, 0.29) is 6.10 Å². The van der Waals surface area contributed by atoms with Crippen molar-refractivity contribution < 1.29 is 5.11 Å². The molecule has 1 atom stereocenters. The van der Waals surface area contributed by atoms with Crippen LogP contribution in [0.5, 0.6) is 0 Å². The van der Waals surface area contributed by atoms with Gasteiger partial charge < -0.3 is 14.6 Å². The zero-order valence-electron chi connectivity index (χ0n) is 11.1. The number of likely N-dealkylation sites (tertiary alicyclic amines) is 1. The summed E-state index contributed by atoms with van der Waals surface area (Å²) < 4.78 is 2.37. The molecule has 1 aromatic rings. The molecule has 3 rings (SSSR count). The van der Waals surface area contributed by atoms with Crippen molar-refractivity contribution >= 4 is 0 Å². The number of rotatable bonds is 4. The van der Waals surface area contributed by atoms with Crippen molar-refractivity contribution in [1.29, 1.82) is 0 Å². The molecule has 1 saturated heterocycles. The Balaban J connectivity index is 1.56. The molecule has 18 heavy (non-hydrogen) atoms. The smallest absolute Gasteiger partial charge is 0.0807 e. The number of aryl methyl sites for hydroxylation is 1. The summed E-state index contributed by atoms with van der Waals surface area (Å²) >= 11 is 0. The Bertz CT molecular complexity index is 393. The molecule has 0 aromatic carbocycles. The minimum absolute atomic E-state index is 0.214. The monoisotopic (exact) mass is 248 g/mol. The Morgan fingerprint density at radius 1 is 1.17 bits per heavy atom. The van der Waals surface area contributed by atoms with E-state index in [0.29, 0.717) is 0 Å². The van der Waals surface area contributed by atoms with Crippen LogP contribution in [0.2, 0.25) is 0 Å². The summed E-state index contributed by atoms with van der Waals surface area (Å²) in [6, 6.07) is 2.12. The summed E-state index contributed by atoms with van der Waals surface area (Å²) in [6.07, 6.45) is 9.16. The highest BCUT2D eigenvalue weighted by atomic mass is 16.3. The molecule has 100 valence electrons. The molecule has 3 nitrogen and oxygen atoms in total. The minimum atomic E-state index is -0.214. The van der Waals surface area contributed by atoms with Crippen LogP contribution >= 0.6 is 0 Å². The van der Waals surface area contributed by atoms with Crippen molar-refractivity contribution in [3.8, 4) is 0 Å². The first-order valence-corrected chi connectivity index (χ1v) is 7.43. The number of hydrogen-bond acceptors (Lipinski definition) is 2. The number of aromatic nitrogens is 1. The summed E-state index contributed by atoms with van der Waals surface area (Å²) in [6.45, 7) is 4.93. The van der Waals surface area contributed by atoms with Crippen LogP contribution < -0.4 is 0 Å². The fraction of sp³-hybridized carbons (Fsp3) is 0.733. The van der Waals surface area contributed by atoms with Crippen molar-refractivity contribution in [1.82, 2.24) is 9.47 Å². The molecule has 0 bridgehead atoms. The highest BCUT2D eigenvalue weighted by Crippen LogP contribution is 2.30. The molecule has 0 amide bonds. The highest BCUT2D eigenvalue weighted by molar-refractivity contribution is 5.27. The van der Waals surface area contributed by atoms with Gasteiger partial charge in [0.2, 0.25) is 0 Å². The lowest BCUT2D eigenvalue weighted by Crippen LogP contribution is -2.22. The maximum atomic E-state index is 9.95. The van der Waals surface area contributed by atoms with Gasteiger partial charge in [0.15, 0.2) is 0 Å². The third-order valence-electron chi connectivity index (χ3n) is 4.44. The van der Waals surface area contributed by atoms with Gasteiger partial charge >= 0.3 is 0 Å². The Hall–Kier alpha value is -0.800. The van der Waals surface area contributed by atoms with Crippen molar-refractivity contribution in [2.24, 2.45) is 0 Å². The van der Waals surface area contributed by atoms with E-state index >= 15 is 0 Å². The molecule has 3 heteroatoms. The van der Waals surface area contributed by atoms with Gasteiger partial charge in [-0.1, -0.05) is 0 Å². The fourth-order valence-corrected chi connectivity index (χ4v) is 3.41. The van der Waals surface area contributed by atoms with E-state index in [1.54, 1.807) is 0 Å². The average Bonchev–Trinajstić information content (AvgIpc) is 3.00. The van der Waals surface area contributed by atoms with Crippen LogP contribution in [0.4, 0.5) is 0 Å². The van der Waals surface area contributed by atoms with Crippen LogP contribution in [-0.2, 0) is 13.0 Å². The molecule has 1 aliphatic heterocycles. The van der Waals surface area contributed by atoms with Crippen molar-refractivity contribution in [2.45, 2.75) is 51.2 Å². The lowest BCUT2D eigenvalue weighted by molar-refractivity contribution is 0.155. The Kier molecular flexibility index (Phi) is 3.71. The lowest BCUT2D eigenvalue weighted by atomic mass is 9.95. The quantitative estimate of drug-likeness (QED) is 0.886. The summed E-state index contributed by atoms with van der Waals surface area (Å²) in [5, 5.41) is 9.95. The molecule has 1 unspecified atom stereocenters. The molecule has 0 spiro atoms. The van der Waals surface area contributed by atoms with Crippen LogP contribution in [0.1, 0.15) is 49.5 Å². The second kappa shape index (κ2) is 5.45. The van der Waals surface area contributed by atoms with E-state index in [0.717, 1.165) is 25.8 Å². The van der Waals surface area contributed by atoms with E-state index in [1.807, 2.05) is 0 Å². The zero-order chi connectivity index (χ0) is 12.4. The van der Waals surface area contributed by atoms with Crippen LogP contribution in [0.3, 0.4) is 0 Å². The van der Waals surface area contributed by atoms with Gasteiger partial charge in [0.1, 0.15) is 0 Å². The topological polar surface area (TPSA) is 28.4 Å². The fourth-order valence-electron chi connectivity index (χ4n) is 3.41. The molecule has 1 aliphatic carbocycles. The first kappa shape index (κ1) is 12.2. The SMILES string of the molecule is OC1CCCc2c1ccn2CCCN1CCCC1. The molecule has 1 aromatic heterocycles. The number of aliphatic hydroxyl groups is 1. The van der Waals surface area contributed by atoms with Crippen molar-refractivity contribution in [2.75, 3.05) is 19.6 Å². The van der Waals surface area contributed by atoms with Gasteiger partial charge in [-0.05, 0) is 64.2 Å². The summed E-state index contributed by atoms with van der Waals surface area (Å²) in [5.41, 5.74) is 2.57. The Morgan fingerprint density at radius 2 is 2.00 bits per heavy atom. The second-order valence-electron chi connectivity index (χ2n) is 5.72. The zero-order valence-corrected chi connectivity index (χ0v) is 11.1. The van der Waals surface area contributed by atoms with Gasteiger partial charge in [-0.3, -0.25) is 0 Å². The maximum absolute atomic E-state index is 9.95. The third kappa shape index (κ3) is 2.47. The normalized spacial score (nSPS) is 24.4. The van der Waals surface area contributed by atoms with Crippen molar-refractivity contribution in [3.05, 3.63) is 23.5 Å². The first-order valence-electron chi connectivity index (χ1n) is 7.43. The third-order valence-corrected chi connectivity index (χ3v) is 4.44. The first-order chi connectivity index (χ1) is 8.84. The highest BCUT2D eigenvalue weighted by Gasteiger charge is 2.21. The van der Waals surface area contributed by atoms with Gasteiger partial charge in [-0.2, -0.15) is 0 Å². The number of fused-ring (bicyclic) bond motifs is 1. The van der Waals surface area contributed by atoms with Gasteiger partial charge in [0.05, 0.1) is 6.10 Å². The van der Waals surface area contributed by atoms with Gasteiger partial charge in [0.25, 0.3) is 0 Å². The van der Waals surface area contributed by atoms with Gasteiger partial charge in [0, 0.05) is 24.0 Å². The Labute approximate surface area is 109 Å². The number of aliphatic hydroxyl groups excluding tert-OH is 1. The second-order valence-corrected chi connectivity index (χ2v) is 5.72. The molecular weight excluding hydrogens is 224 g/mol. The molecule has 2 aliphatic rings. The minimum Gasteiger partial charge on any atom is -0.388 e. The molecule has 1 N–H and O–H groups in total. The molecule has 2 heterocycles. The van der Waals surface area contributed by atoms with E-state index in [1.165, 1.54) is 50.2 Å². The van der Waals surface area contributed by atoms with Crippen molar-refractivity contribution in [3.63, 3.8) is 0 Å². The molecule has 1 fully saturated rings. The van der Waals surface area contributed by atoms with Gasteiger partial charge in [-0.25, -0.2) is 0 Å².